The van der Waals surface area contributed by atoms with Gasteiger partial charge in [-0.25, -0.2) is 4.39 Å². The molecule has 1 fully saturated rings. The van der Waals surface area contributed by atoms with Crippen molar-refractivity contribution >= 4 is 11.4 Å². The van der Waals surface area contributed by atoms with Gasteiger partial charge in [0.2, 0.25) is 0 Å². The average Bonchev–Trinajstić information content (AvgIpc) is 2.25. The quantitative estimate of drug-likeness (QED) is 0.763. The summed E-state index contributed by atoms with van der Waals surface area (Å²) in [6.45, 7) is 0. The molecule has 2 nitrogen and oxygen atoms in total. The number of hydrogen-bond donors (Lipinski definition) is 2. The molecule has 1 saturated carbocycles. The number of halogens is 1. The molecule has 3 heteroatoms. The fraction of sp³-hybridized carbons (Fsp3) is 0.571. The lowest BCUT2D eigenvalue weighted by Crippen LogP contribution is -2.21. The molecular weight excluding hydrogens is 215 g/mol. The Balaban J connectivity index is 1.98. The third kappa shape index (κ3) is 3.62. The first-order chi connectivity index (χ1) is 8.25. The summed E-state index contributed by atoms with van der Waals surface area (Å²) >= 11 is 0. The number of nitrogens with one attached hydrogen (secondary N) is 1. The molecule has 0 heterocycles. The van der Waals surface area contributed by atoms with Gasteiger partial charge in [-0.15, -0.1) is 0 Å². The second-order valence-electron chi connectivity index (χ2n) is 4.93. The summed E-state index contributed by atoms with van der Waals surface area (Å²) in [5, 5.41) is 3.31. The molecule has 0 spiro atoms. The van der Waals surface area contributed by atoms with Gasteiger partial charge in [-0.3, -0.25) is 0 Å². The van der Waals surface area contributed by atoms with Gasteiger partial charge in [0.25, 0.3) is 0 Å². The first-order valence-electron chi connectivity index (χ1n) is 6.57. The molecule has 0 bridgehead atoms. The van der Waals surface area contributed by atoms with Crippen LogP contribution in [0.2, 0.25) is 0 Å². The molecule has 0 amide bonds. The fourth-order valence-corrected chi connectivity index (χ4v) is 2.47. The third-order valence-electron chi connectivity index (χ3n) is 3.46. The first-order valence-corrected chi connectivity index (χ1v) is 6.57. The van der Waals surface area contributed by atoms with Crippen molar-refractivity contribution in [1.82, 2.24) is 0 Å². The van der Waals surface area contributed by atoms with Crippen molar-refractivity contribution in [2.24, 2.45) is 0 Å². The Hall–Kier alpha value is -1.25. The molecule has 0 saturated heterocycles. The Bertz CT molecular complexity index is 357. The molecule has 3 N–H and O–H groups in total. The molecule has 0 aliphatic heterocycles. The second kappa shape index (κ2) is 5.89. The zero-order valence-corrected chi connectivity index (χ0v) is 10.2. The zero-order valence-electron chi connectivity index (χ0n) is 10.2. The highest BCUT2D eigenvalue weighted by Crippen LogP contribution is 2.23. The molecular formula is C14H21FN2. The highest BCUT2D eigenvalue weighted by Gasteiger charge is 2.12. The van der Waals surface area contributed by atoms with Gasteiger partial charge in [-0.1, -0.05) is 32.1 Å². The maximum atomic E-state index is 13.6. The molecule has 0 unspecified atom stereocenters. The van der Waals surface area contributed by atoms with E-state index < -0.39 is 0 Å². The van der Waals surface area contributed by atoms with Crippen molar-refractivity contribution in [3.63, 3.8) is 0 Å². The number of anilines is 2. The van der Waals surface area contributed by atoms with Gasteiger partial charge in [-0.2, -0.15) is 0 Å². The normalized spacial score (nSPS) is 18.4. The van der Waals surface area contributed by atoms with Crippen LogP contribution in [0.3, 0.4) is 0 Å². The first kappa shape index (κ1) is 12.2. The molecule has 1 aliphatic rings. The Labute approximate surface area is 102 Å². The number of nitrogen functional groups attached to an aromatic ring is 1. The van der Waals surface area contributed by atoms with E-state index in [1.807, 2.05) is 0 Å². The van der Waals surface area contributed by atoms with Gasteiger partial charge in [-0.05, 0) is 31.0 Å². The Kier molecular flexibility index (Phi) is 4.24. The minimum atomic E-state index is -0.243. The number of benzene rings is 1. The van der Waals surface area contributed by atoms with E-state index in [0.717, 1.165) is 12.8 Å². The second-order valence-corrected chi connectivity index (χ2v) is 4.93. The van der Waals surface area contributed by atoms with Crippen molar-refractivity contribution < 1.29 is 4.39 Å². The van der Waals surface area contributed by atoms with E-state index in [1.165, 1.54) is 38.2 Å². The summed E-state index contributed by atoms with van der Waals surface area (Å²) in [6, 6.07) is 5.27. The molecule has 94 valence electrons. The van der Waals surface area contributed by atoms with E-state index in [1.54, 1.807) is 12.1 Å². The fourth-order valence-electron chi connectivity index (χ4n) is 2.47. The minimum absolute atomic E-state index is 0.243. The molecule has 17 heavy (non-hydrogen) atoms. The monoisotopic (exact) mass is 236 g/mol. The van der Waals surface area contributed by atoms with E-state index in [4.69, 9.17) is 5.73 Å². The third-order valence-corrected chi connectivity index (χ3v) is 3.46. The highest BCUT2D eigenvalue weighted by atomic mass is 19.1. The van der Waals surface area contributed by atoms with Gasteiger partial charge in [0.15, 0.2) is 0 Å². The largest absolute Gasteiger partial charge is 0.399 e. The van der Waals surface area contributed by atoms with Crippen LogP contribution in [-0.2, 0) is 0 Å². The molecule has 2 rings (SSSR count). The molecule has 0 aromatic heterocycles. The standard InChI is InChI=1S/C14H21FN2/c15-13-10-11(16)8-9-14(13)17-12-6-4-2-1-3-5-7-12/h8-10,12,17H,1-7,16H2. The van der Waals surface area contributed by atoms with Crippen molar-refractivity contribution in [1.29, 1.82) is 0 Å². The van der Waals surface area contributed by atoms with E-state index in [9.17, 15) is 4.39 Å². The van der Waals surface area contributed by atoms with Crippen LogP contribution in [0.5, 0.6) is 0 Å². The smallest absolute Gasteiger partial charge is 0.148 e. The van der Waals surface area contributed by atoms with Crippen LogP contribution >= 0.6 is 0 Å². The highest BCUT2D eigenvalue weighted by molar-refractivity contribution is 5.53. The summed E-state index contributed by atoms with van der Waals surface area (Å²) < 4.78 is 13.6. The number of nitrogens with two attached hydrogens (primary N) is 1. The van der Waals surface area contributed by atoms with Crippen LogP contribution in [0, 0.1) is 5.82 Å². The predicted octanol–water partition coefficient (Wildman–Crippen LogP) is 3.93. The predicted molar refractivity (Wildman–Crippen MR) is 70.5 cm³/mol. The van der Waals surface area contributed by atoms with Gasteiger partial charge in [0.1, 0.15) is 5.82 Å². The SMILES string of the molecule is Nc1ccc(NC2CCCCCCC2)c(F)c1. The number of hydrogen-bond acceptors (Lipinski definition) is 2. The lowest BCUT2D eigenvalue weighted by atomic mass is 9.96. The molecule has 0 atom stereocenters. The van der Waals surface area contributed by atoms with Crippen LogP contribution in [0.1, 0.15) is 44.9 Å². The van der Waals surface area contributed by atoms with Crippen LogP contribution in [0.4, 0.5) is 15.8 Å². The lowest BCUT2D eigenvalue weighted by Gasteiger charge is -2.22. The van der Waals surface area contributed by atoms with Crippen molar-refractivity contribution in [3.05, 3.63) is 24.0 Å². The maximum Gasteiger partial charge on any atom is 0.148 e. The van der Waals surface area contributed by atoms with E-state index in [0.29, 0.717) is 17.4 Å². The van der Waals surface area contributed by atoms with Crippen LogP contribution < -0.4 is 11.1 Å². The Morgan fingerprint density at radius 1 is 1.06 bits per heavy atom. The van der Waals surface area contributed by atoms with E-state index >= 15 is 0 Å². The van der Waals surface area contributed by atoms with Gasteiger partial charge >= 0.3 is 0 Å². The zero-order chi connectivity index (χ0) is 12.1. The van der Waals surface area contributed by atoms with Crippen molar-refractivity contribution in [2.45, 2.75) is 51.0 Å². The van der Waals surface area contributed by atoms with E-state index in [-0.39, 0.29) is 5.82 Å². The minimum Gasteiger partial charge on any atom is -0.399 e. The summed E-state index contributed by atoms with van der Waals surface area (Å²) in [5.74, 6) is -0.243. The van der Waals surface area contributed by atoms with Crippen molar-refractivity contribution in [3.8, 4) is 0 Å². The molecule has 1 aromatic rings. The maximum absolute atomic E-state index is 13.6. The number of rotatable bonds is 2. The summed E-state index contributed by atoms with van der Waals surface area (Å²) in [5.41, 5.74) is 6.60. The van der Waals surface area contributed by atoms with Crippen LogP contribution in [-0.4, -0.2) is 6.04 Å². The topological polar surface area (TPSA) is 38.0 Å². The Morgan fingerprint density at radius 3 is 2.35 bits per heavy atom. The molecule has 1 aromatic carbocycles. The summed E-state index contributed by atoms with van der Waals surface area (Å²) in [7, 11) is 0. The average molecular weight is 236 g/mol. The van der Waals surface area contributed by atoms with Crippen LogP contribution in [0.15, 0.2) is 18.2 Å². The summed E-state index contributed by atoms with van der Waals surface area (Å²) in [6.07, 6.45) is 8.74. The molecule has 1 aliphatic carbocycles. The van der Waals surface area contributed by atoms with E-state index in [2.05, 4.69) is 5.32 Å². The van der Waals surface area contributed by atoms with Gasteiger partial charge < -0.3 is 11.1 Å². The lowest BCUT2D eigenvalue weighted by molar-refractivity contribution is 0.469. The van der Waals surface area contributed by atoms with Crippen LogP contribution in [0.25, 0.3) is 0 Å². The van der Waals surface area contributed by atoms with Crippen molar-refractivity contribution in [2.75, 3.05) is 11.1 Å². The molecule has 0 radical (unpaired) electrons. The summed E-state index contributed by atoms with van der Waals surface area (Å²) in [4.78, 5) is 0. The Morgan fingerprint density at radius 2 is 1.71 bits per heavy atom. The van der Waals surface area contributed by atoms with Gasteiger partial charge in [0.05, 0.1) is 5.69 Å². The van der Waals surface area contributed by atoms with Gasteiger partial charge in [0, 0.05) is 11.7 Å².